The second-order valence-electron chi connectivity index (χ2n) is 9.91. The Morgan fingerprint density at radius 1 is 1.23 bits per heavy atom. The minimum absolute atomic E-state index is 0.229. The third-order valence-electron chi connectivity index (χ3n) is 6.95. The molecule has 8 nitrogen and oxygen atoms in total. The molecule has 0 amide bonds. The Kier molecular flexibility index (Phi) is 6.32. The molecule has 0 bridgehead atoms. The van der Waals surface area contributed by atoms with Gasteiger partial charge in [-0.15, -0.1) is 0 Å². The second kappa shape index (κ2) is 9.41. The molecule has 4 aromatic heterocycles. The molecule has 0 unspecified atom stereocenters. The molecular formula is C26H29ClN6O2. The van der Waals surface area contributed by atoms with Crippen LogP contribution in [-0.4, -0.2) is 29.7 Å². The summed E-state index contributed by atoms with van der Waals surface area (Å²) in [7, 11) is 0. The van der Waals surface area contributed by atoms with Gasteiger partial charge in [0.05, 0.1) is 21.7 Å². The van der Waals surface area contributed by atoms with Crippen molar-refractivity contribution in [2.24, 2.45) is 17.8 Å². The molecule has 5 rings (SSSR count). The number of fused-ring (bicyclic) bond motifs is 1. The van der Waals surface area contributed by atoms with Gasteiger partial charge in [0.15, 0.2) is 0 Å². The van der Waals surface area contributed by atoms with Gasteiger partial charge in [0.25, 0.3) is 0 Å². The van der Waals surface area contributed by atoms with Crippen LogP contribution in [0.15, 0.2) is 40.4 Å². The zero-order valence-corrected chi connectivity index (χ0v) is 21.0. The molecule has 0 atom stereocenters. The first-order valence-electron chi connectivity index (χ1n) is 12.1. The van der Waals surface area contributed by atoms with Crippen molar-refractivity contribution in [1.82, 2.24) is 29.7 Å². The Labute approximate surface area is 208 Å². The number of nitrogens with zero attached hydrogens (tertiary/aromatic N) is 5. The normalized spacial score (nSPS) is 18.4. The monoisotopic (exact) mass is 492 g/mol. The summed E-state index contributed by atoms with van der Waals surface area (Å²) in [6.45, 7) is 11.8. The molecule has 9 heteroatoms. The van der Waals surface area contributed by atoms with Crippen molar-refractivity contribution in [1.29, 1.82) is 0 Å². The van der Waals surface area contributed by atoms with Gasteiger partial charge in [-0.1, -0.05) is 56.9 Å². The van der Waals surface area contributed by atoms with E-state index in [9.17, 15) is 4.79 Å². The molecule has 0 radical (unpaired) electrons. The van der Waals surface area contributed by atoms with Crippen molar-refractivity contribution in [3.8, 4) is 22.8 Å². The summed E-state index contributed by atoms with van der Waals surface area (Å²) in [4.78, 5) is 28.4. The third-order valence-corrected chi connectivity index (χ3v) is 7.15. The first-order chi connectivity index (χ1) is 16.8. The van der Waals surface area contributed by atoms with Crippen molar-refractivity contribution >= 4 is 28.2 Å². The second-order valence-corrected chi connectivity index (χ2v) is 10.3. The zero-order chi connectivity index (χ0) is 24.7. The lowest BCUT2D eigenvalue weighted by Gasteiger charge is -2.27. The third kappa shape index (κ3) is 4.67. The fraction of sp³-hybridized carbons (Fsp3) is 0.423. The van der Waals surface area contributed by atoms with Gasteiger partial charge in [-0.2, -0.15) is 0 Å². The summed E-state index contributed by atoms with van der Waals surface area (Å²) in [5.74, 6) is 2.02. The number of halogens is 1. The summed E-state index contributed by atoms with van der Waals surface area (Å²) >= 11 is 6.31. The molecule has 0 aliphatic heterocycles. The number of aromatic nitrogens is 6. The van der Waals surface area contributed by atoms with E-state index >= 15 is 0 Å². The van der Waals surface area contributed by atoms with E-state index < -0.39 is 5.76 Å². The highest BCUT2D eigenvalue weighted by atomic mass is 35.5. The van der Waals surface area contributed by atoms with Gasteiger partial charge in [-0.05, 0) is 48.3 Å². The number of imidazole rings is 1. The minimum atomic E-state index is -0.640. The molecule has 1 N–H and O–H groups in total. The Balaban J connectivity index is 1.76. The summed E-state index contributed by atoms with van der Waals surface area (Å²) in [5.41, 5.74) is 4.51. The zero-order valence-electron chi connectivity index (χ0n) is 20.2. The minimum Gasteiger partial charge on any atom is -0.322 e. The van der Waals surface area contributed by atoms with Gasteiger partial charge in [0, 0.05) is 24.5 Å². The smallest absolute Gasteiger partial charge is 0.322 e. The first kappa shape index (κ1) is 23.5. The van der Waals surface area contributed by atoms with Crippen LogP contribution < -0.4 is 5.76 Å². The Morgan fingerprint density at radius 3 is 2.66 bits per heavy atom. The van der Waals surface area contributed by atoms with E-state index in [0.717, 1.165) is 40.5 Å². The quantitative estimate of drug-likeness (QED) is 0.355. The van der Waals surface area contributed by atoms with Gasteiger partial charge in [0.1, 0.15) is 11.5 Å². The van der Waals surface area contributed by atoms with Gasteiger partial charge in [-0.3, -0.25) is 14.5 Å². The van der Waals surface area contributed by atoms with Crippen LogP contribution in [0.4, 0.5) is 0 Å². The molecule has 4 heterocycles. The van der Waals surface area contributed by atoms with Crippen LogP contribution in [0.1, 0.15) is 52.3 Å². The highest BCUT2D eigenvalue weighted by Crippen LogP contribution is 2.37. The van der Waals surface area contributed by atoms with Gasteiger partial charge < -0.3 is 4.57 Å². The summed E-state index contributed by atoms with van der Waals surface area (Å²) < 4.78 is 7.00. The van der Waals surface area contributed by atoms with Crippen LogP contribution in [0.3, 0.4) is 0 Å². The summed E-state index contributed by atoms with van der Waals surface area (Å²) in [6.07, 6.45) is 8.19. The number of allylic oxidation sites excluding steroid dienone is 1. The van der Waals surface area contributed by atoms with Crippen LogP contribution in [0.5, 0.6) is 0 Å². The number of rotatable bonds is 6. The number of H-pyrrole nitrogens is 1. The predicted octanol–water partition coefficient (Wildman–Crippen LogP) is 5.99. The largest absolute Gasteiger partial charge is 0.439 e. The van der Waals surface area contributed by atoms with Crippen LogP contribution in [0, 0.1) is 17.8 Å². The lowest BCUT2D eigenvalue weighted by atomic mass is 9.83. The topological polar surface area (TPSA) is 102 Å². The number of hydrogen-bond donors (Lipinski definition) is 1. The molecule has 1 aliphatic rings. The lowest BCUT2D eigenvalue weighted by molar-refractivity contribution is 0.266. The Hall–Kier alpha value is -3.26. The molecule has 1 saturated carbocycles. The van der Waals surface area contributed by atoms with Crippen molar-refractivity contribution in [2.75, 3.05) is 0 Å². The molecular weight excluding hydrogens is 464 g/mol. The molecule has 0 saturated heterocycles. The number of pyridine rings is 2. The fourth-order valence-corrected chi connectivity index (χ4v) is 4.99. The number of nitrogens with one attached hydrogen (secondary N) is 1. The van der Waals surface area contributed by atoms with Gasteiger partial charge >= 0.3 is 5.76 Å². The van der Waals surface area contributed by atoms with E-state index in [1.54, 1.807) is 12.4 Å². The van der Waals surface area contributed by atoms with Crippen LogP contribution in [-0.2, 0) is 6.54 Å². The highest BCUT2D eigenvalue weighted by molar-refractivity contribution is 6.30. The molecule has 0 aromatic carbocycles. The average Bonchev–Trinajstić information content (AvgIpc) is 3.43. The molecule has 4 aromatic rings. The summed E-state index contributed by atoms with van der Waals surface area (Å²) in [6, 6.07) is 3.67. The van der Waals surface area contributed by atoms with Gasteiger partial charge in [0.2, 0.25) is 5.82 Å². The number of aromatic amines is 1. The predicted molar refractivity (Wildman–Crippen MR) is 137 cm³/mol. The Bertz CT molecular complexity index is 1440. The highest BCUT2D eigenvalue weighted by Gasteiger charge is 2.26. The van der Waals surface area contributed by atoms with Crippen molar-refractivity contribution in [3.63, 3.8) is 0 Å². The maximum absolute atomic E-state index is 11.6. The van der Waals surface area contributed by atoms with E-state index in [1.165, 1.54) is 25.7 Å². The summed E-state index contributed by atoms with van der Waals surface area (Å²) in [5, 5.41) is 4.35. The maximum Gasteiger partial charge on any atom is 0.439 e. The van der Waals surface area contributed by atoms with E-state index in [-0.39, 0.29) is 11.7 Å². The van der Waals surface area contributed by atoms with Crippen molar-refractivity contribution < 1.29 is 4.52 Å². The van der Waals surface area contributed by atoms with Crippen molar-refractivity contribution in [2.45, 2.75) is 53.0 Å². The van der Waals surface area contributed by atoms with E-state index in [0.29, 0.717) is 22.3 Å². The Morgan fingerprint density at radius 2 is 2.00 bits per heavy atom. The standard InChI is InChI=1S/C26H29ClN6O2/c1-14(2)16(4)25-30-20-10-21(24-31-26(34)35-32-24)29-22(18-9-19(27)12-28-11-18)23(20)33(25)13-17-7-5-15(3)6-8-17/h9-12,14-15,17H,4-8,13H2,1-3H3,(H,31,32,34). The van der Waals surface area contributed by atoms with Crippen molar-refractivity contribution in [3.05, 3.63) is 52.5 Å². The van der Waals surface area contributed by atoms with Crippen LogP contribution >= 0.6 is 11.6 Å². The fourth-order valence-electron chi connectivity index (χ4n) is 4.81. The van der Waals surface area contributed by atoms with E-state index in [4.69, 9.17) is 26.1 Å². The molecule has 35 heavy (non-hydrogen) atoms. The average molecular weight is 493 g/mol. The molecule has 0 spiro atoms. The maximum atomic E-state index is 11.6. The first-order valence-corrected chi connectivity index (χ1v) is 12.5. The lowest BCUT2D eigenvalue weighted by Crippen LogP contribution is -2.19. The number of hydrogen-bond acceptors (Lipinski definition) is 6. The van der Waals surface area contributed by atoms with Gasteiger partial charge in [-0.25, -0.2) is 14.8 Å². The van der Waals surface area contributed by atoms with Crippen LogP contribution in [0.2, 0.25) is 5.02 Å². The molecule has 1 fully saturated rings. The van der Waals surface area contributed by atoms with E-state index in [1.807, 2.05) is 12.1 Å². The SMILES string of the molecule is C=C(c1nc2cc(-c3noc(=O)[nH]3)nc(-c3cncc(Cl)c3)c2n1CC1CCC(C)CC1)C(C)C. The van der Waals surface area contributed by atoms with Crippen LogP contribution in [0.25, 0.3) is 39.4 Å². The molecule has 1 aliphatic carbocycles. The van der Waals surface area contributed by atoms with E-state index in [2.05, 4.69) is 47.0 Å². The molecule has 182 valence electrons.